The van der Waals surface area contributed by atoms with Crippen molar-refractivity contribution in [1.29, 1.82) is 0 Å². The zero-order chi connectivity index (χ0) is 23.6. The number of thioether (sulfide) groups is 1. The standard InChI is InChI=1S/C16H15NO3S.C8H12O4/c18-12-10-3-1-2-4-11(10)14-15(13(12)19)21-9-16(20-14)5-7-17-8-6-16;9-7(10)5-3-1-2-4-6(5)8(11)12/h1-4,17H,5-9H2;5-6H,1-4H2,(H,9,10)(H,11,12)/t;5-,6+. The molecule has 5 rings (SSSR count). The first-order chi connectivity index (χ1) is 15.8. The smallest absolute Gasteiger partial charge is 0.307 e. The van der Waals surface area contributed by atoms with E-state index in [2.05, 4.69) is 5.32 Å². The summed E-state index contributed by atoms with van der Waals surface area (Å²) < 4.78 is 6.31. The maximum atomic E-state index is 12.3. The van der Waals surface area contributed by atoms with E-state index in [0.717, 1.165) is 50.1 Å². The zero-order valence-corrected chi connectivity index (χ0v) is 19.0. The molecule has 33 heavy (non-hydrogen) atoms. The number of fused-ring (bicyclic) bond motifs is 2. The van der Waals surface area contributed by atoms with Gasteiger partial charge in [0.2, 0.25) is 11.6 Å². The molecule has 3 N–H and O–H groups in total. The third kappa shape index (κ3) is 4.70. The van der Waals surface area contributed by atoms with Gasteiger partial charge < -0.3 is 20.3 Å². The number of piperidine rings is 1. The molecule has 9 heteroatoms. The third-order valence-electron chi connectivity index (χ3n) is 6.75. The van der Waals surface area contributed by atoms with Gasteiger partial charge in [-0.3, -0.25) is 19.2 Å². The van der Waals surface area contributed by atoms with Gasteiger partial charge in [0.25, 0.3) is 0 Å². The Bertz CT molecular complexity index is 990. The molecule has 8 nitrogen and oxygen atoms in total. The van der Waals surface area contributed by atoms with E-state index in [1.54, 1.807) is 12.1 Å². The maximum absolute atomic E-state index is 12.3. The van der Waals surface area contributed by atoms with E-state index < -0.39 is 35.3 Å². The molecule has 176 valence electrons. The maximum Gasteiger partial charge on any atom is 0.307 e. The summed E-state index contributed by atoms with van der Waals surface area (Å²) in [5, 5.41) is 20.7. The highest BCUT2D eigenvalue weighted by Gasteiger charge is 2.44. The Hall–Kier alpha value is -2.65. The highest BCUT2D eigenvalue weighted by molar-refractivity contribution is 8.04. The molecule has 0 aromatic heterocycles. The summed E-state index contributed by atoms with van der Waals surface area (Å²) in [5.74, 6) is -2.75. The molecule has 0 radical (unpaired) electrons. The molecule has 2 aliphatic heterocycles. The van der Waals surface area contributed by atoms with Crippen molar-refractivity contribution in [1.82, 2.24) is 5.32 Å². The number of carbonyl (C=O) groups is 4. The van der Waals surface area contributed by atoms with Crippen LogP contribution in [0.1, 0.15) is 54.4 Å². The van der Waals surface area contributed by atoms with Crippen molar-refractivity contribution in [2.24, 2.45) is 11.8 Å². The second-order valence-corrected chi connectivity index (χ2v) is 9.85. The number of ether oxygens (including phenoxy) is 1. The number of Topliss-reactive ketones (excluding diaryl/α,β-unsaturated/α-hetero) is 2. The fraction of sp³-hybridized carbons (Fsp3) is 0.500. The minimum Gasteiger partial charge on any atom is -0.484 e. The number of benzene rings is 1. The van der Waals surface area contributed by atoms with Crippen LogP contribution < -0.4 is 5.32 Å². The molecule has 2 heterocycles. The van der Waals surface area contributed by atoms with E-state index >= 15 is 0 Å². The molecular formula is C24H27NO7S. The molecule has 0 unspecified atom stereocenters. The van der Waals surface area contributed by atoms with Gasteiger partial charge in [-0.25, -0.2) is 0 Å². The molecule has 1 spiro atoms. The summed E-state index contributed by atoms with van der Waals surface area (Å²) in [6.07, 6.45) is 4.54. The highest BCUT2D eigenvalue weighted by Crippen LogP contribution is 2.46. The van der Waals surface area contributed by atoms with Gasteiger partial charge in [0.1, 0.15) is 16.3 Å². The molecule has 1 saturated carbocycles. The number of hydrogen-bond acceptors (Lipinski definition) is 7. The number of ketones is 2. The van der Waals surface area contributed by atoms with Crippen LogP contribution in [-0.2, 0) is 19.1 Å². The van der Waals surface area contributed by atoms with Gasteiger partial charge in [-0.2, -0.15) is 0 Å². The highest BCUT2D eigenvalue weighted by atomic mass is 32.2. The lowest BCUT2D eigenvalue weighted by molar-refractivity contribution is -0.155. The Morgan fingerprint density at radius 1 is 0.939 bits per heavy atom. The Labute approximate surface area is 195 Å². The van der Waals surface area contributed by atoms with Gasteiger partial charge in [0.15, 0.2) is 0 Å². The van der Waals surface area contributed by atoms with Crippen molar-refractivity contribution >= 4 is 41.0 Å². The monoisotopic (exact) mass is 473 g/mol. The second-order valence-electron chi connectivity index (χ2n) is 8.86. The summed E-state index contributed by atoms with van der Waals surface area (Å²) in [6.45, 7) is 1.86. The van der Waals surface area contributed by atoms with Crippen molar-refractivity contribution in [3.63, 3.8) is 0 Å². The topological polar surface area (TPSA) is 130 Å². The van der Waals surface area contributed by atoms with Gasteiger partial charge >= 0.3 is 11.9 Å². The third-order valence-corrected chi connectivity index (χ3v) is 8.08. The number of hydrogen-bond donors (Lipinski definition) is 3. The minimum atomic E-state index is -0.970. The first-order valence-corrected chi connectivity index (χ1v) is 12.2. The molecule has 4 aliphatic rings. The normalized spacial score (nSPS) is 25.8. The van der Waals surface area contributed by atoms with Crippen LogP contribution >= 0.6 is 11.8 Å². The molecule has 2 aliphatic carbocycles. The van der Waals surface area contributed by atoms with Gasteiger partial charge in [-0.15, -0.1) is 11.8 Å². The van der Waals surface area contributed by atoms with Crippen molar-refractivity contribution in [2.45, 2.75) is 44.1 Å². The SMILES string of the molecule is O=C(O)[C@H]1CCCC[C@H]1C(=O)O.O=C1C(=O)c2ccccc2C2=C1SCC1(CCNCC1)O2. The average molecular weight is 474 g/mol. The van der Waals surface area contributed by atoms with Crippen LogP contribution in [0, 0.1) is 11.8 Å². The summed E-state index contributed by atoms with van der Waals surface area (Å²) in [5.41, 5.74) is 1.03. The lowest BCUT2D eigenvalue weighted by Crippen LogP contribution is -2.48. The predicted molar refractivity (Wildman–Crippen MR) is 122 cm³/mol. The van der Waals surface area contributed by atoms with Gasteiger partial charge in [0, 0.05) is 29.7 Å². The van der Waals surface area contributed by atoms with Crippen molar-refractivity contribution in [3.8, 4) is 0 Å². The number of aliphatic carboxylic acids is 2. The van der Waals surface area contributed by atoms with E-state index in [1.165, 1.54) is 11.8 Å². The lowest BCUT2D eigenvalue weighted by Gasteiger charge is -2.42. The first kappa shape index (κ1) is 23.5. The van der Waals surface area contributed by atoms with Gasteiger partial charge in [-0.05, 0) is 25.9 Å². The Morgan fingerprint density at radius 2 is 1.52 bits per heavy atom. The predicted octanol–water partition coefficient (Wildman–Crippen LogP) is 2.97. The Morgan fingerprint density at radius 3 is 2.09 bits per heavy atom. The van der Waals surface area contributed by atoms with Crippen LogP contribution in [0.15, 0.2) is 29.2 Å². The van der Waals surface area contributed by atoms with Crippen molar-refractivity contribution in [2.75, 3.05) is 18.8 Å². The van der Waals surface area contributed by atoms with Crippen molar-refractivity contribution < 1.29 is 34.1 Å². The molecule has 2 atom stereocenters. The molecule has 1 saturated heterocycles. The Kier molecular flexibility index (Phi) is 6.90. The number of carbonyl (C=O) groups excluding carboxylic acids is 2. The van der Waals surface area contributed by atoms with E-state index in [9.17, 15) is 19.2 Å². The number of carboxylic acid groups (broad SMARTS) is 2. The zero-order valence-electron chi connectivity index (χ0n) is 18.2. The molecule has 1 aromatic rings. The summed E-state index contributed by atoms with van der Waals surface area (Å²) in [6, 6.07) is 7.24. The van der Waals surface area contributed by atoms with Crippen molar-refractivity contribution in [3.05, 3.63) is 40.3 Å². The number of rotatable bonds is 2. The van der Waals surface area contributed by atoms with E-state index in [1.807, 2.05) is 12.1 Å². The molecule has 0 bridgehead atoms. The van der Waals surface area contributed by atoms with Crippen LogP contribution in [0.25, 0.3) is 5.76 Å². The fourth-order valence-electron chi connectivity index (χ4n) is 4.86. The largest absolute Gasteiger partial charge is 0.484 e. The summed E-state index contributed by atoms with van der Waals surface area (Å²) >= 11 is 1.48. The van der Waals surface area contributed by atoms with Crippen LogP contribution in [-0.4, -0.2) is 58.2 Å². The average Bonchev–Trinajstić information content (AvgIpc) is 2.83. The fourth-order valence-corrected chi connectivity index (χ4v) is 6.12. The second kappa shape index (κ2) is 9.69. The Balaban J connectivity index is 0.000000185. The van der Waals surface area contributed by atoms with Gasteiger partial charge in [-0.1, -0.05) is 37.1 Å². The summed E-state index contributed by atoms with van der Waals surface area (Å²) in [7, 11) is 0. The van der Waals surface area contributed by atoms with E-state index in [4.69, 9.17) is 14.9 Å². The first-order valence-electron chi connectivity index (χ1n) is 11.2. The van der Waals surface area contributed by atoms with Crippen LogP contribution in [0.5, 0.6) is 0 Å². The number of carboxylic acids is 2. The number of nitrogens with one attached hydrogen (secondary N) is 1. The van der Waals surface area contributed by atoms with Crippen LogP contribution in [0.3, 0.4) is 0 Å². The molecular weight excluding hydrogens is 446 g/mol. The summed E-state index contributed by atoms with van der Waals surface area (Å²) in [4.78, 5) is 46.2. The van der Waals surface area contributed by atoms with E-state index in [-0.39, 0.29) is 5.60 Å². The number of allylic oxidation sites excluding steroid dienone is 1. The van der Waals surface area contributed by atoms with Crippen LogP contribution in [0.4, 0.5) is 0 Å². The molecule has 2 fully saturated rings. The minimum absolute atomic E-state index is 0.206. The van der Waals surface area contributed by atoms with Crippen LogP contribution in [0.2, 0.25) is 0 Å². The van der Waals surface area contributed by atoms with E-state index in [0.29, 0.717) is 29.1 Å². The van der Waals surface area contributed by atoms with Gasteiger partial charge in [0.05, 0.1) is 11.8 Å². The molecule has 0 amide bonds. The molecule has 1 aromatic carbocycles. The quantitative estimate of drug-likeness (QED) is 0.555. The lowest BCUT2D eigenvalue weighted by atomic mass is 9.79.